The van der Waals surface area contributed by atoms with Gasteiger partial charge < -0.3 is 14.2 Å². The van der Waals surface area contributed by atoms with Gasteiger partial charge in [-0.3, -0.25) is 14.5 Å². The summed E-state index contributed by atoms with van der Waals surface area (Å²) >= 11 is 6.29. The monoisotopic (exact) mass is 754 g/mol. The molecule has 0 bridgehead atoms. The van der Waals surface area contributed by atoms with Crippen LogP contribution >= 0.6 is 11.6 Å². The molecule has 0 saturated heterocycles. The molecule has 1 aromatic carbocycles. The van der Waals surface area contributed by atoms with E-state index in [9.17, 15) is 54.8 Å². The van der Waals surface area contributed by atoms with E-state index in [1.807, 2.05) is 13.0 Å². The van der Waals surface area contributed by atoms with Gasteiger partial charge in [-0.25, -0.2) is 14.2 Å². The fourth-order valence-corrected chi connectivity index (χ4v) is 4.91. The molecule has 0 radical (unpaired) electrons. The maximum absolute atomic E-state index is 14.2. The lowest BCUT2D eigenvalue weighted by atomic mass is 10.0. The number of aromatic nitrogens is 4. The Morgan fingerprint density at radius 1 is 1.04 bits per heavy atom. The van der Waals surface area contributed by atoms with Crippen molar-refractivity contribution in [1.29, 1.82) is 5.26 Å². The highest BCUT2D eigenvalue weighted by Gasteiger charge is 2.64. The van der Waals surface area contributed by atoms with Crippen LogP contribution in [0.1, 0.15) is 60.6 Å². The Balaban J connectivity index is 1.58. The summed E-state index contributed by atoms with van der Waals surface area (Å²) in [6, 6.07) is 5.65. The molecule has 276 valence electrons. The van der Waals surface area contributed by atoms with Crippen molar-refractivity contribution in [2.45, 2.75) is 62.8 Å². The summed E-state index contributed by atoms with van der Waals surface area (Å²) in [5.41, 5.74) is -6.58. The summed E-state index contributed by atoms with van der Waals surface area (Å²) in [6.45, 7) is 0.936. The SMILES string of the molecule is CCCCOC(=O)CCOC(=O)OCN(C(=O)c1cc(-c2cnn(-c3c(C(F)(F)F)c(C(F)(F)C(F)(F)F)nn3C)c2)ccc1Cl)C1(C#N)CC1. The molecular weight excluding hydrogens is 728 g/mol. The zero-order chi connectivity index (χ0) is 37.9. The summed E-state index contributed by atoms with van der Waals surface area (Å²) in [5.74, 6) is -8.74. The molecule has 1 saturated carbocycles. The zero-order valence-electron chi connectivity index (χ0n) is 26.6. The molecule has 4 rings (SSSR count). The lowest BCUT2D eigenvalue weighted by molar-refractivity contribution is -0.292. The first-order valence-electron chi connectivity index (χ1n) is 14.9. The minimum absolute atomic E-state index is 0.0415. The molecule has 0 unspecified atom stereocenters. The summed E-state index contributed by atoms with van der Waals surface area (Å²) in [6.07, 6.45) is -9.98. The van der Waals surface area contributed by atoms with Crippen molar-refractivity contribution in [2.75, 3.05) is 19.9 Å². The number of unbranched alkanes of at least 4 members (excludes halogenated alkanes) is 1. The molecule has 0 atom stereocenters. The molecule has 0 aliphatic heterocycles. The summed E-state index contributed by atoms with van der Waals surface area (Å²) in [4.78, 5) is 38.5. The molecule has 21 heteroatoms. The van der Waals surface area contributed by atoms with Crippen LogP contribution in [0, 0.1) is 11.3 Å². The van der Waals surface area contributed by atoms with E-state index < -0.39 is 72.3 Å². The number of hydrogen-bond acceptors (Lipinski definition) is 9. The molecule has 1 fully saturated rings. The Hall–Kier alpha value is -4.93. The van der Waals surface area contributed by atoms with E-state index in [0.29, 0.717) is 11.1 Å². The van der Waals surface area contributed by atoms with Crippen molar-refractivity contribution in [3.05, 3.63) is 52.4 Å². The van der Waals surface area contributed by atoms with Crippen molar-refractivity contribution < 1.29 is 63.7 Å². The van der Waals surface area contributed by atoms with Crippen LogP contribution in [0.4, 0.5) is 39.9 Å². The number of nitriles is 1. The van der Waals surface area contributed by atoms with Crippen molar-refractivity contribution in [1.82, 2.24) is 24.5 Å². The second-order valence-electron chi connectivity index (χ2n) is 11.2. The van der Waals surface area contributed by atoms with Gasteiger partial charge in [0.15, 0.2) is 18.2 Å². The summed E-state index contributed by atoms with van der Waals surface area (Å²) in [5, 5.41) is 16.2. The van der Waals surface area contributed by atoms with E-state index >= 15 is 0 Å². The van der Waals surface area contributed by atoms with Gasteiger partial charge in [0.05, 0.1) is 35.9 Å². The number of aryl methyl sites for hydroxylation is 1. The second kappa shape index (κ2) is 14.7. The lowest BCUT2D eigenvalue weighted by Crippen LogP contribution is -2.43. The lowest BCUT2D eigenvalue weighted by Gasteiger charge is -2.27. The van der Waals surface area contributed by atoms with Crippen LogP contribution in [-0.4, -0.2) is 74.2 Å². The maximum atomic E-state index is 14.2. The largest absolute Gasteiger partial charge is 0.510 e. The van der Waals surface area contributed by atoms with E-state index in [2.05, 4.69) is 10.2 Å². The Morgan fingerprint density at radius 2 is 1.73 bits per heavy atom. The molecule has 1 aliphatic carbocycles. The molecule has 1 aliphatic rings. The van der Waals surface area contributed by atoms with Crippen LogP contribution in [0.25, 0.3) is 16.9 Å². The Labute approximate surface area is 288 Å². The third-order valence-corrected chi connectivity index (χ3v) is 7.91. The van der Waals surface area contributed by atoms with E-state index in [4.69, 9.17) is 25.8 Å². The van der Waals surface area contributed by atoms with E-state index in [1.54, 1.807) is 0 Å². The van der Waals surface area contributed by atoms with Crippen molar-refractivity contribution >= 4 is 29.6 Å². The smallest absolute Gasteiger partial charge is 0.466 e. The highest BCUT2D eigenvalue weighted by atomic mass is 35.5. The molecule has 2 aromatic heterocycles. The van der Waals surface area contributed by atoms with Crippen LogP contribution in [-0.2, 0) is 38.2 Å². The Morgan fingerprint density at radius 3 is 2.31 bits per heavy atom. The van der Waals surface area contributed by atoms with Gasteiger partial charge in [-0.1, -0.05) is 31.0 Å². The first kappa shape index (κ1) is 38.9. The van der Waals surface area contributed by atoms with Gasteiger partial charge in [0.1, 0.15) is 17.7 Å². The predicted molar refractivity (Wildman–Crippen MR) is 157 cm³/mol. The van der Waals surface area contributed by atoms with E-state index in [1.165, 1.54) is 12.1 Å². The first-order valence-corrected chi connectivity index (χ1v) is 15.3. The Kier molecular flexibility index (Phi) is 11.2. The summed E-state index contributed by atoms with van der Waals surface area (Å²) < 4.78 is 125. The zero-order valence-corrected chi connectivity index (χ0v) is 27.3. The van der Waals surface area contributed by atoms with Gasteiger partial charge >= 0.3 is 30.4 Å². The van der Waals surface area contributed by atoms with Crippen LogP contribution in [0.2, 0.25) is 5.02 Å². The molecule has 0 N–H and O–H groups in total. The molecule has 2 heterocycles. The topological polar surface area (TPSA) is 142 Å². The third-order valence-electron chi connectivity index (χ3n) is 7.58. The second-order valence-corrected chi connectivity index (χ2v) is 11.6. The van der Waals surface area contributed by atoms with Gasteiger partial charge in [0.2, 0.25) is 0 Å². The summed E-state index contributed by atoms with van der Waals surface area (Å²) in [7, 11) is 0.721. The highest BCUT2D eigenvalue weighted by Crippen LogP contribution is 2.49. The number of carbonyl (C=O) groups excluding carboxylic acids is 3. The molecular formula is C30H27ClF8N6O6. The average Bonchev–Trinajstić information content (AvgIpc) is 3.51. The van der Waals surface area contributed by atoms with Crippen LogP contribution in [0.15, 0.2) is 30.6 Å². The first-order chi connectivity index (χ1) is 23.8. The van der Waals surface area contributed by atoms with E-state index in [-0.39, 0.29) is 52.3 Å². The number of esters is 1. The standard InChI is InChI=1S/C30H27ClF8N6O6/c1-3-4-10-49-21(46)7-11-50-26(48)51-16-44(27(15-40)8-9-27)25(47)19-12-17(5-6-20(19)31)18-13-41-45(14-18)24-22(29(34,35)36)23(42-43(24)2)28(32,33)30(37,38)39/h5-6,12-14H,3-4,7-11,16H2,1-2H3. The minimum Gasteiger partial charge on any atom is -0.466 e. The number of ether oxygens (including phenoxy) is 3. The van der Waals surface area contributed by atoms with Crippen LogP contribution in [0.3, 0.4) is 0 Å². The number of alkyl halides is 8. The number of nitrogens with zero attached hydrogens (tertiary/aromatic N) is 6. The van der Waals surface area contributed by atoms with Crippen LogP contribution < -0.4 is 0 Å². The average molecular weight is 755 g/mol. The van der Waals surface area contributed by atoms with Crippen LogP contribution in [0.5, 0.6) is 0 Å². The molecule has 12 nitrogen and oxygen atoms in total. The number of halogens is 9. The molecule has 51 heavy (non-hydrogen) atoms. The van der Waals surface area contributed by atoms with Gasteiger partial charge in [0, 0.05) is 18.8 Å². The fraction of sp³-hybridized carbons (Fsp3) is 0.467. The fourth-order valence-electron chi connectivity index (χ4n) is 4.71. The van der Waals surface area contributed by atoms with Crippen molar-refractivity contribution in [3.63, 3.8) is 0 Å². The third kappa shape index (κ3) is 8.35. The van der Waals surface area contributed by atoms with Gasteiger partial charge in [-0.15, -0.1) is 0 Å². The van der Waals surface area contributed by atoms with Gasteiger partial charge in [0.25, 0.3) is 5.91 Å². The molecule has 3 aromatic rings. The quantitative estimate of drug-likeness (QED) is 0.0785. The number of carbonyl (C=O) groups is 3. The van der Waals surface area contributed by atoms with Gasteiger partial charge in [-0.2, -0.15) is 50.6 Å². The number of rotatable bonds is 13. The maximum Gasteiger partial charge on any atom is 0.510 e. The molecule has 1 amide bonds. The number of benzene rings is 1. The Bertz CT molecular complexity index is 1830. The number of hydrogen-bond donors (Lipinski definition) is 0. The van der Waals surface area contributed by atoms with Gasteiger partial charge in [-0.05, 0) is 37.0 Å². The predicted octanol–water partition coefficient (Wildman–Crippen LogP) is 6.94. The van der Waals surface area contributed by atoms with E-state index in [0.717, 1.165) is 36.8 Å². The number of amides is 1. The minimum atomic E-state index is -6.40. The molecule has 0 spiro atoms. The van der Waals surface area contributed by atoms with Crippen molar-refractivity contribution in [2.24, 2.45) is 7.05 Å². The normalized spacial score (nSPS) is 14.1. The van der Waals surface area contributed by atoms with Crippen molar-refractivity contribution in [3.8, 4) is 23.0 Å². The highest BCUT2D eigenvalue weighted by molar-refractivity contribution is 6.34.